The number of hydrogen-bond donors (Lipinski definition) is 0. The quantitative estimate of drug-likeness (QED) is 0.538. The molecule has 8 heteroatoms. The fourth-order valence-electron chi connectivity index (χ4n) is 3.08. The number of benzene rings is 2. The molecule has 0 N–H and O–H groups in total. The summed E-state index contributed by atoms with van der Waals surface area (Å²) in [7, 11) is 0. The van der Waals surface area contributed by atoms with Crippen LogP contribution in [0, 0.1) is 0 Å². The zero-order valence-electron chi connectivity index (χ0n) is 16.1. The molecule has 1 heterocycles. The summed E-state index contributed by atoms with van der Waals surface area (Å²) in [5.74, 6) is -1.45. The number of halogens is 1. The molecule has 0 saturated heterocycles. The number of anilines is 1. The van der Waals surface area contributed by atoms with E-state index in [1.54, 1.807) is 47.4 Å². The third-order valence-electron chi connectivity index (χ3n) is 4.62. The topological polar surface area (TPSA) is 79.3 Å². The molecule has 0 bridgehead atoms. The number of hydrogen-bond acceptors (Lipinski definition) is 5. The van der Waals surface area contributed by atoms with Gasteiger partial charge in [-0.05, 0) is 32.0 Å². The molecule has 0 saturated carbocycles. The van der Waals surface area contributed by atoms with Crippen molar-refractivity contribution in [1.82, 2.24) is 4.90 Å². The van der Waals surface area contributed by atoms with Crippen molar-refractivity contribution in [2.75, 3.05) is 24.5 Å². The molecule has 0 atom stereocenters. The van der Waals surface area contributed by atoms with Gasteiger partial charge in [0.1, 0.15) is 6.54 Å². The molecule has 1 aliphatic heterocycles. The van der Waals surface area contributed by atoms with E-state index in [0.717, 1.165) is 0 Å². The Morgan fingerprint density at radius 1 is 1.07 bits per heavy atom. The van der Waals surface area contributed by atoms with Crippen molar-refractivity contribution in [3.8, 4) is 0 Å². The van der Waals surface area contributed by atoms with Gasteiger partial charge in [-0.2, -0.15) is 0 Å². The van der Waals surface area contributed by atoms with Crippen molar-refractivity contribution in [2.45, 2.75) is 13.8 Å². The number of oxime groups is 1. The van der Waals surface area contributed by atoms with Gasteiger partial charge in [-0.1, -0.05) is 47.1 Å². The van der Waals surface area contributed by atoms with E-state index in [2.05, 4.69) is 5.16 Å². The van der Waals surface area contributed by atoms with Gasteiger partial charge in [0.25, 0.3) is 5.91 Å². The zero-order chi connectivity index (χ0) is 21.0. The first-order chi connectivity index (χ1) is 14.0. The summed E-state index contributed by atoms with van der Waals surface area (Å²) in [4.78, 5) is 45.7. The lowest BCUT2D eigenvalue weighted by molar-refractivity contribution is -0.130. The largest absolute Gasteiger partial charge is 0.367 e. The van der Waals surface area contributed by atoms with Crippen LogP contribution < -0.4 is 4.90 Å². The van der Waals surface area contributed by atoms with Crippen molar-refractivity contribution >= 4 is 40.8 Å². The summed E-state index contributed by atoms with van der Waals surface area (Å²) in [5.41, 5.74) is 1.15. The highest BCUT2D eigenvalue weighted by Crippen LogP contribution is 2.29. The predicted molar refractivity (Wildman–Crippen MR) is 110 cm³/mol. The number of para-hydroxylation sites is 1. The monoisotopic (exact) mass is 413 g/mol. The van der Waals surface area contributed by atoms with Gasteiger partial charge in [-0.15, -0.1) is 0 Å². The van der Waals surface area contributed by atoms with Gasteiger partial charge in [0.15, 0.2) is 5.71 Å². The SMILES string of the molecule is CCN(CC)C(=O)CN1C(=O)C(=NOC(=O)c2ccccc2Cl)c2ccccc21. The summed E-state index contributed by atoms with van der Waals surface area (Å²) in [6, 6.07) is 13.3. The van der Waals surface area contributed by atoms with Gasteiger partial charge in [-0.25, -0.2) is 4.79 Å². The lowest BCUT2D eigenvalue weighted by atomic mass is 10.1. The number of fused-ring (bicyclic) bond motifs is 1. The standard InChI is InChI=1S/C21H20ClN3O4/c1-3-24(4-2)18(26)13-25-17-12-8-6-10-15(17)19(20(25)27)23-29-21(28)14-9-5-7-11-16(14)22/h5-12H,3-4,13H2,1-2H3. The van der Waals surface area contributed by atoms with E-state index in [4.69, 9.17) is 16.4 Å². The maximum atomic E-state index is 12.9. The average Bonchev–Trinajstić information content (AvgIpc) is 2.99. The van der Waals surface area contributed by atoms with E-state index in [0.29, 0.717) is 24.3 Å². The third kappa shape index (κ3) is 4.14. The Balaban J connectivity index is 1.86. The van der Waals surface area contributed by atoms with E-state index in [9.17, 15) is 14.4 Å². The van der Waals surface area contributed by atoms with Crippen LogP contribution in [0.1, 0.15) is 29.8 Å². The molecule has 0 unspecified atom stereocenters. The summed E-state index contributed by atoms with van der Waals surface area (Å²) < 4.78 is 0. The fourth-order valence-corrected chi connectivity index (χ4v) is 3.29. The lowest BCUT2D eigenvalue weighted by Crippen LogP contribution is -2.42. The number of carbonyl (C=O) groups is 3. The molecule has 2 aromatic rings. The summed E-state index contributed by atoms with van der Waals surface area (Å²) in [5, 5.41) is 4.02. The van der Waals surface area contributed by atoms with E-state index < -0.39 is 11.9 Å². The van der Waals surface area contributed by atoms with Crippen LogP contribution in [-0.4, -0.2) is 48.0 Å². The molecule has 0 aromatic heterocycles. The second-order valence-corrected chi connectivity index (χ2v) is 6.68. The normalized spacial score (nSPS) is 14.1. The molecule has 1 aliphatic rings. The first-order valence-electron chi connectivity index (χ1n) is 9.20. The minimum atomic E-state index is -0.772. The average molecular weight is 414 g/mol. The van der Waals surface area contributed by atoms with Gasteiger partial charge in [-0.3, -0.25) is 14.5 Å². The molecule has 0 fully saturated rings. The molecule has 7 nitrogen and oxygen atoms in total. The molecule has 29 heavy (non-hydrogen) atoms. The van der Waals surface area contributed by atoms with Crippen LogP contribution in [0.2, 0.25) is 5.02 Å². The number of likely N-dealkylation sites (N-methyl/N-ethyl adjacent to an activating group) is 1. The van der Waals surface area contributed by atoms with Gasteiger partial charge < -0.3 is 9.74 Å². The van der Waals surface area contributed by atoms with E-state index >= 15 is 0 Å². The summed E-state index contributed by atoms with van der Waals surface area (Å²) in [6.07, 6.45) is 0. The Bertz CT molecular complexity index is 985. The first kappa shape index (κ1) is 20.5. The lowest BCUT2D eigenvalue weighted by Gasteiger charge is -2.23. The summed E-state index contributed by atoms with van der Waals surface area (Å²) >= 11 is 6.00. The third-order valence-corrected chi connectivity index (χ3v) is 4.95. The fraction of sp³-hybridized carbons (Fsp3) is 0.238. The number of amides is 2. The van der Waals surface area contributed by atoms with Crippen molar-refractivity contribution in [3.05, 3.63) is 64.7 Å². The Hall–Kier alpha value is -3.19. The minimum Gasteiger partial charge on any atom is -0.342 e. The van der Waals surface area contributed by atoms with Crippen LogP contribution in [0.3, 0.4) is 0 Å². The molecule has 0 radical (unpaired) electrons. The van der Waals surface area contributed by atoms with Crippen molar-refractivity contribution in [2.24, 2.45) is 5.16 Å². The van der Waals surface area contributed by atoms with Crippen LogP contribution in [-0.2, 0) is 14.4 Å². The van der Waals surface area contributed by atoms with E-state index in [1.165, 1.54) is 11.0 Å². The second-order valence-electron chi connectivity index (χ2n) is 6.27. The number of rotatable bonds is 6. The van der Waals surface area contributed by atoms with Gasteiger partial charge in [0.05, 0.1) is 16.3 Å². The van der Waals surface area contributed by atoms with Crippen molar-refractivity contribution in [3.63, 3.8) is 0 Å². The van der Waals surface area contributed by atoms with Crippen molar-refractivity contribution < 1.29 is 19.2 Å². The molecular formula is C21H20ClN3O4. The first-order valence-corrected chi connectivity index (χ1v) is 9.58. The van der Waals surface area contributed by atoms with Crippen LogP contribution >= 0.6 is 11.6 Å². The van der Waals surface area contributed by atoms with Crippen molar-refractivity contribution in [1.29, 1.82) is 0 Å². The minimum absolute atomic E-state index is 0.0339. The van der Waals surface area contributed by atoms with Gasteiger partial charge in [0.2, 0.25) is 5.91 Å². The van der Waals surface area contributed by atoms with Crippen LogP contribution in [0.25, 0.3) is 0 Å². The maximum Gasteiger partial charge on any atom is 0.367 e. The highest BCUT2D eigenvalue weighted by atomic mass is 35.5. The van der Waals surface area contributed by atoms with Crippen LogP contribution in [0.4, 0.5) is 5.69 Å². The molecular weight excluding hydrogens is 394 g/mol. The maximum absolute atomic E-state index is 12.9. The molecule has 150 valence electrons. The molecule has 2 aromatic carbocycles. The molecule has 2 amide bonds. The smallest absolute Gasteiger partial charge is 0.342 e. The van der Waals surface area contributed by atoms with Crippen LogP contribution in [0.15, 0.2) is 53.7 Å². The highest BCUT2D eigenvalue weighted by Gasteiger charge is 2.36. The number of nitrogens with zero attached hydrogens (tertiary/aromatic N) is 3. The Labute approximate surface area is 173 Å². The van der Waals surface area contributed by atoms with E-state index in [1.807, 2.05) is 13.8 Å². The number of carbonyl (C=O) groups excluding carboxylic acids is 3. The summed E-state index contributed by atoms with van der Waals surface area (Å²) in [6.45, 7) is 4.74. The Kier molecular flexibility index (Phi) is 6.29. The predicted octanol–water partition coefficient (Wildman–Crippen LogP) is 3.12. The molecule has 0 aliphatic carbocycles. The molecule has 0 spiro atoms. The Morgan fingerprint density at radius 3 is 2.41 bits per heavy atom. The second kappa shape index (κ2) is 8.87. The highest BCUT2D eigenvalue weighted by molar-refractivity contribution is 6.54. The van der Waals surface area contributed by atoms with Gasteiger partial charge >= 0.3 is 5.97 Å². The van der Waals surface area contributed by atoms with Gasteiger partial charge in [0, 0.05) is 18.7 Å². The Morgan fingerprint density at radius 2 is 1.72 bits per heavy atom. The van der Waals surface area contributed by atoms with Crippen LogP contribution in [0.5, 0.6) is 0 Å². The molecule has 3 rings (SSSR count). The zero-order valence-corrected chi connectivity index (χ0v) is 16.8. The van der Waals surface area contributed by atoms with E-state index in [-0.39, 0.29) is 28.7 Å².